The molecular formula is C11H8Cl2N2O2. The van der Waals surface area contributed by atoms with Crippen molar-refractivity contribution in [3.63, 3.8) is 0 Å². The second-order valence-electron chi connectivity index (χ2n) is 3.48. The minimum absolute atomic E-state index is 0.0386. The van der Waals surface area contributed by atoms with Gasteiger partial charge in [0, 0.05) is 12.6 Å². The van der Waals surface area contributed by atoms with E-state index in [-0.39, 0.29) is 5.56 Å². The van der Waals surface area contributed by atoms with Gasteiger partial charge in [0.1, 0.15) is 5.56 Å². The quantitative estimate of drug-likeness (QED) is 0.853. The molecule has 2 rings (SSSR count). The number of benzene rings is 1. The number of halogens is 2. The van der Waals surface area contributed by atoms with Gasteiger partial charge in [0.05, 0.1) is 15.7 Å². The van der Waals surface area contributed by atoms with E-state index in [4.69, 9.17) is 23.2 Å². The van der Waals surface area contributed by atoms with Crippen molar-refractivity contribution in [3.8, 4) is 11.3 Å². The molecule has 0 fully saturated rings. The van der Waals surface area contributed by atoms with E-state index in [1.807, 2.05) is 0 Å². The molecule has 0 spiro atoms. The van der Waals surface area contributed by atoms with Gasteiger partial charge in [-0.3, -0.25) is 19.4 Å². The molecule has 88 valence electrons. The van der Waals surface area contributed by atoms with Crippen molar-refractivity contribution in [2.75, 3.05) is 0 Å². The molecule has 0 saturated carbocycles. The maximum atomic E-state index is 11.6. The zero-order valence-corrected chi connectivity index (χ0v) is 10.3. The van der Waals surface area contributed by atoms with E-state index in [1.54, 1.807) is 18.2 Å². The molecule has 0 radical (unpaired) electrons. The van der Waals surface area contributed by atoms with E-state index < -0.39 is 5.56 Å². The van der Waals surface area contributed by atoms with Crippen molar-refractivity contribution in [2.24, 2.45) is 7.05 Å². The van der Waals surface area contributed by atoms with Gasteiger partial charge in [-0.15, -0.1) is 0 Å². The van der Waals surface area contributed by atoms with E-state index in [9.17, 15) is 9.59 Å². The molecule has 0 atom stereocenters. The molecule has 0 aliphatic rings. The minimum atomic E-state index is -0.397. The van der Waals surface area contributed by atoms with Crippen LogP contribution in [0.5, 0.6) is 0 Å². The Kier molecular flexibility index (Phi) is 3.09. The number of hydrogen-bond donors (Lipinski definition) is 1. The average Bonchev–Trinajstić information content (AvgIpc) is 2.59. The molecule has 1 N–H and O–H groups in total. The molecule has 0 bridgehead atoms. The van der Waals surface area contributed by atoms with Gasteiger partial charge in [0.2, 0.25) is 0 Å². The van der Waals surface area contributed by atoms with E-state index >= 15 is 0 Å². The van der Waals surface area contributed by atoms with E-state index in [0.29, 0.717) is 27.6 Å². The van der Waals surface area contributed by atoms with Crippen molar-refractivity contribution in [3.05, 3.63) is 44.2 Å². The Hall–Kier alpha value is -1.52. The van der Waals surface area contributed by atoms with E-state index in [0.717, 1.165) is 0 Å². The number of nitrogens with zero attached hydrogens (tertiary/aromatic N) is 1. The Bertz CT molecular complexity index is 643. The molecular weight excluding hydrogens is 263 g/mol. The number of aldehydes is 1. The molecule has 4 nitrogen and oxygen atoms in total. The van der Waals surface area contributed by atoms with Crippen molar-refractivity contribution in [1.82, 2.24) is 9.78 Å². The predicted octanol–water partition coefficient (Wildman–Crippen LogP) is 2.50. The minimum Gasteiger partial charge on any atom is -0.298 e. The van der Waals surface area contributed by atoms with Gasteiger partial charge in [-0.25, -0.2) is 0 Å². The van der Waals surface area contributed by atoms with Crippen LogP contribution < -0.4 is 5.56 Å². The number of nitrogens with one attached hydrogen (secondary N) is 1. The third kappa shape index (κ3) is 1.90. The van der Waals surface area contributed by atoms with Crippen molar-refractivity contribution >= 4 is 29.5 Å². The summed E-state index contributed by atoms with van der Waals surface area (Å²) in [5, 5.41) is 3.45. The fourth-order valence-electron chi connectivity index (χ4n) is 1.58. The van der Waals surface area contributed by atoms with E-state index in [2.05, 4.69) is 5.10 Å². The van der Waals surface area contributed by atoms with E-state index in [1.165, 1.54) is 11.7 Å². The summed E-state index contributed by atoms with van der Waals surface area (Å²) in [6.07, 6.45) is 0.505. The third-order valence-electron chi connectivity index (χ3n) is 2.42. The topological polar surface area (TPSA) is 54.9 Å². The van der Waals surface area contributed by atoms with Crippen LogP contribution in [0.4, 0.5) is 0 Å². The van der Waals surface area contributed by atoms with Crippen molar-refractivity contribution < 1.29 is 4.79 Å². The Balaban J connectivity index is 2.77. The van der Waals surface area contributed by atoms with Crippen LogP contribution in [0.25, 0.3) is 11.3 Å². The number of hydrogen-bond acceptors (Lipinski definition) is 2. The summed E-state index contributed by atoms with van der Waals surface area (Å²) in [5.41, 5.74) is 0.543. The van der Waals surface area contributed by atoms with Crippen LogP contribution in [0.15, 0.2) is 23.0 Å². The van der Waals surface area contributed by atoms with Gasteiger partial charge in [0.15, 0.2) is 6.29 Å². The van der Waals surface area contributed by atoms with Crippen LogP contribution in [0, 0.1) is 0 Å². The van der Waals surface area contributed by atoms with Gasteiger partial charge in [-0.05, 0) is 6.07 Å². The van der Waals surface area contributed by atoms with Gasteiger partial charge in [-0.2, -0.15) is 0 Å². The molecule has 1 aromatic carbocycles. The highest BCUT2D eigenvalue weighted by molar-refractivity contribution is 6.43. The maximum absolute atomic E-state index is 11.6. The monoisotopic (exact) mass is 270 g/mol. The summed E-state index contributed by atoms with van der Waals surface area (Å²) in [4.78, 5) is 22.5. The van der Waals surface area contributed by atoms with Crippen LogP contribution in [-0.4, -0.2) is 16.1 Å². The number of carbonyl (C=O) groups excluding carboxylic acids is 1. The lowest BCUT2D eigenvalue weighted by atomic mass is 10.1. The third-order valence-corrected chi connectivity index (χ3v) is 3.24. The molecule has 0 aliphatic carbocycles. The lowest BCUT2D eigenvalue weighted by Crippen LogP contribution is -2.14. The largest absolute Gasteiger partial charge is 0.298 e. The lowest BCUT2D eigenvalue weighted by molar-refractivity contribution is 0.112. The molecule has 0 amide bonds. The fourth-order valence-corrected chi connectivity index (χ4v) is 1.97. The second kappa shape index (κ2) is 4.39. The molecule has 1 heterocycles. The predicted molar refractivity (Wildman–Crippen MR) is 66.9 cm³/mol. The zero-order chi connectivity index (χ0) is 12.6. The molecule has 0 aliphatic heterocycles. The first kappa shape index (κ1) is 12.0. The SMILES string of the molecule is Cn1[nH]c(-c2cccc(Cl)c2Cl)c(C=O)c1=O. The molecule has 0 unspecified atom stereocenters. The molecule has 2 aromatic rings. The van der Waals surface area contributed by atoms with Crippen LogP contribution in [0.2, 0.25) is 10.0 Å². The zero-order valence-electron chi connectivity index (χ0n) is 8.83. The summed E-state index contributed by atoms with van der Waals surface area (Å²) in [6.45, 7) is 0. The van der Waals surface area contributed by atoms with Crippen LogP contribution >= 0.6 is 23.2 Å². The maximum Gasteiger partial charge on any atom is 0.277 e. The first-order valence-electron chi connectivity index (χ1n) is 4.74. The Morgan fingerprint density at radius 2 is 2.06 bits per heavy atom. The van der Waals surface area contributed by atoms with Gasteiger partial charge >= 0.3 is 0 Å². The van der Waals surface area contributed by atoms with Gasteiger partial charge in [0.25, 0.3) is 5.56 Å². The van der Waals surface area contributed by atoms with Crippen LogP contribution in [-0.2, 0) is 7.05 Å². The summed E-state index contributed by atoms with van der Waals surface area (Å²) < 4.78 is 1.22. The number of carbonyl (C=O) groups is 1. The molecule has 0 saturated heterocycles. The number of aryl methyl sites for hydroxylation is 1. The summed E-state index contributed by atoms with van der Waals surface area (Å²) in [5.74, 6) is 0. The number of H-pyrrole nitrogens is 1. The summed E-state index contributed by atoms with van der Waals surface area (Å²) in [7, 11) is 1.53. The van der Waals surface area contributed by atoms with Crippen molar-refractivity contribution in [2.45, 2.75) is 0 Å². The fraction of sp³-hybridized carbons (Fsp3) is 0.0909. The summed E-state index contributed by atoms with van der Waals surface area (Å²) >= 11 is 11.9. The van der Waals surface area contributed by atoms with Crippen molar-refractivity contribution in [1.29, 1.82) is 0 Å². The summed E-state index contributed by atoms with van der Waals surface area (Å²) in [6, 6.07) is 5.02. The Morgan fingerprint density at radius 1 is 1.35 bits per heavy atom. The van der Waals surface area contributed by atoms with Crippen LogP contribution in [0.1, 0.15) is 10.4 Å². The van der Waals surface area contributed by atoms with Gasteiger partial charge < -0.3 is 0 Å². The molecule has 6 heteroatoms. The normalized spacial score (nSPS) is 10.5. The lowest BCUT2D eigenvalue weighted by Gasteiger charge is -2.03. The van der Waals surface area contributed by atoms with Gasteiger partial charge in [-0.1, -0.05) is 35.3 Å². The van der Waals surface area contributed by atoms with Crippen LogP contribution in [0.3, 0.4) is 0 Å². The average molecular weight is 271 g/mol. The standard InChI is InChI=1S/C11H8Cl2N2O2/c1-15-11(17)7(5-16)10(14-15)6-3-2-4-8(12)9(6)13/h2-5,14H,1H3. The Labute approximate surface area is 107 Å². The number of rotatable bonds is 2. The highest BCUT2D eigenvalue weighted by Crippen LogP contribution is 2.32. The highest BCUT2D eigenvalue weighted by Gasteiger charge is 2.16. The number of aromatic nitrogens is 2. The Morgan fingerprint density at radius 3 is 2.71 bits per heavy atom. The second-order valence-corrected chi connectivity index (χ2v) is 4.27. The highest BCUT2D eigenvalue weighted by atomic mass is 35.5. The number of aromatic amines is 1. The molecule has 1 aromatic heterocycles. The molecule has 17 heavy (non-hydrogen) atoms. The first-order chi connectivity index (χ1) is 8.06. The smallest absolute Gasteiger partial charge is 0.277 e. The first-order valence-corrected chi connectivity index (χ1v) is 5.50.